The highest BCUT2D eigenvalue weighted by Crippen LogP contribution is 2.55. The van der Waals surface area contributed by atoms with Crippen molar-refractivity contribution >= 4 is 17.8 Å². The predicted octanol–water partition coefficient (Wildman–Crippen LogP) is 4.33. The minimum absolute atomic E-state index is 0.00421. The van der Waals surface area contributed by atoms with Crippen molar-refractivity contribution in [2.45, 2.75) is 52.6 Å². The maximum atomic E-state index is 13.9. The Bertz CT molecular complexity index is 1270. The number of hydrogen-bond acceptors (Lipinski definition) is 6. The number of likely N-dealkylation sites (tertiary alicyclic amines) is 1. The second-order valence-corrected chi connectivity index (χ2v) is 11.2. The van der Waals surface area contributed by atoms with E-state index in [0.29, 0.717) is 30.2 Å². The van der Waals surface area contributed by atoms with Gasteiger partial charge in [0.2, 0.25) is 18.6 Å². The number of piperidine rings is 1. The molecule has 200 valence electrons. The molecule has 2 amide bonds. The highest BCUT2D eigenvalue weighted by atomic mass is 16.7. The van der Waals surface area contributed by atoms with Crippen molar-refractivity contribution in [2.24, 2.45) is 16.7 Å². The first-order valence-electron chi connectivity index (χ1n) is 13.0. The van der Waals surface area contributed by atoms with Gasteiger partial charge in [-0.15, -0.1) is 0 Å². The third kappa shape index (κ3) is 4.99. The quantitative estimate of drug-likeness (QED) is 0.549. The number of fused-ring (bicyclic) bond motifs is 2. The maximum absolute atomic E-state index is 13.9. The molecule has 3 aliphatic rings. The zero-order valence-corrected chi connectivity index (χ0v) is 22.1. The molecule has 2 aliphatic heterocycles. The number of allylic oxidation sites excluding steroid dienone is 1. The van der Waals surface area contributed by atoms with Crippen molar-refractivity contribution in [1.82, 2.24) is 10.2 Å². The van der Waals surface area contributed by atoms with E-state index in [-0.39, 0.29) is 49.4 Å². The van der Waals surface area contributed by atoms with Crippen LogP contribution in [0, 0.1) is 16.7 Å². The van der Waals surface area contributed by atoms with Gasteiger partial charge in [0.1, 0.15) is 5.41 Å². The van der Waals surface area contributed by atoms with Crippen LogP contribution in [0.2, 0.25) is 0 Å². The highest BCUT2D eigenvalue weighted by Gasteiger charge is 2.57. The molecule has 5 rings (SSSR count). The topological polar surface area (TPSA) is 94.2 Å². The second kappa shape index (κ2) is 10.2. The van der Waals surface area contributed by atoms with Crippen molar-refractivity contribution < 1.29 is 28.6 Å². The summed E-state index contributed by atoms with van der Waals surface area (Å²) in [7, 11) is 1.39. The van der Waals surface area contributed by atoms with Crippen LogP contribution in [-0.2, 0) is 32.2 Å². The second-order valence-electron chi connectivity index (χ2n) is 11.2. The fourth-order valence-corrected chi connectivity index (χ4v) is 6.03. The SMILES string of the molecule is COC(=O)[C@@]12C[C@@H](CC(=O)NCc3ccccc3)C(=O)N(Cc3ccc4c(c3)OCO4)C1=CCC(C)(C)C2. The summed E-state index contributed by atoms with van der Waals surface area (Å²) in [4.78, 5) is 42.1. The number of ether oxygens (including phenoxy) is 3. The van der Waals surface area contributed by atoms with Crippen LogP contribution < -0.4 is 14.8 Å². The van der Waals surface area contributed by atoms with E-state index >= 15 is 0 Å². The average Bonchev–Trinajstić information content (AvgIpc) is 3.37. The van der Waals surface area contributed by atoms with Gasteiger partial charge in [-0.1, -0.05) is 56.3 Å². The van der Waals surface area contributed by atoms with Crippen molar-refractivity contribution in [3.63, 3.8) is 0 Å². The number of nitrogens with zero attached hydrogens (tertiary/aromatic N) is 1. The van der Waals surface area contributed by atoms with Crippen LogP contribution >= 0.6 is 0 Å². The van der Waals surface area contributed by atoms with Crippen molar-refractivity contribution in [1.29, 1.82) is 0 Å². The summed E-state index contributed by atoms with van der Waals surface area (Å²) in [6, 6.07) is 15.2. The highest BCUT2D eigenvalue weighted by molar-refractivity contribution is 5.92. The minimum atomic E-state index is -1.01. The van der Waals surface area contributed by atoms with E-state index in [1.54, 1.807) is 4.90 Å². The molecule has 1 N–H and O–H groups in total. The number of hydrogen-bond donors (Lipinski definition) is 1. The van der Waals surface area contributed by atoms with E-state index < -0.39 is 11.3 Å². The third-order valence-electron chi connectivity index (χ3n) is 7.74. The number of benzene rings is 2. The maximum Gasteiger partial charge on any atom is 0.317 e. The lowest BCUT2D eigenvalue weighted by Gasteiger charge is -2.51. The predicted molar refractivity (Wildman–Crippen MR) is 140 cm³/mol. The van der Waals surface area contributed by atoms with Gasteiger partial charge in [-0.05, 0) is 47.9 Å². The Morgan fingerprint density at radius 1 is 1.08 bits per heavy atom. The molecule has 0 unspecified atom stereocenters. The van der Waals surface area contributed by atoms with Gasteiger partial charge in [0.05, 0.1) is 13.7 Å². The zero-order chi connectivity index (χ0) is 26.9. The van der Waals surface area contributed by atoms with E-state index in [4.69, 9.17) is 14.2 Å². The molecule has 0 spiro atoms. The molecule has 8 nitrogen and oxygen atoms in total. The summed E-state index contributed by atoms with van der Waals surface area (Å²) in [5.74, 6) is -0.129. The molecule has 2 heterocycles. The smallest absolute Gasteiger partial charge is 0.317 e. The molecule has 1 saturated heterocycles. The average molecular weight is 519 g/mol. The summed E-state index contributed by atoms with van der Waals surface area (Å²) in [5, 5.41) is 2.93. The Morgan fingerprint density at radius 2 is 1.84 bits per heavy atom. The molecule has 0 saturated carbocycles. The Morgan fingerprint density at radius 3 is 2.61 bits per heavy atom. The van der Waals surface area contributed by atoms with Crippen LogP contribution in [0.5, 0.6) is 11.5 Å². The first-order chi connectivity index (χ1) is 18.2. The van der Waals surface area contributed by atoms with Gasteiger partial charge in [0, 0.05) is 24.6 Å². The largest absolute Gasteiger partial charge is 0.468 e. The molecule has 2 aromatic rings. The van der Waals surface area contributed by atoms with Gasteiger partial charge >= 0.3 is 5.97 Å². The molecule has 8 heteroatoms. The van der Waals surface area contributed by atoms with E-state index in [1.165, 1.54) is 7.11 Å². The number of rotatable bonds is 7. The Labute approximate surface area is 222 Å². The van der Waals surface area contributed by atoms with Gasteiger partial charge < -0.3 is 24.4 Å². The molecular formula is C30H34N2O6. The molecule has 38 heavy (non-hydrogen) atoms. The Balaban J connectivity index is 1.45. The van der Waals surface area contributed by atoms with Gasteiger partial charge in [0.25, 0.3) is 0 Å². The molecule has 2 atom stereocenters. The summed E-state index contributed by atoms with van der Waals surface area (Å²) < 4.78 is 16.3. The zero-order valence-electron chi connectivity index (χ0n) is 22.1. The Hall–Kier alpha value is -3.81. The van der Waals surface area contributed by atoms with Crippen LogP contribution in [-0.4, -0.2) is 36.6 Å². The van der Waals surface area contributed by atoms with Crippen LogP contribution in [0.3, 0.4) is 0 Å². The molecule has 1 fully saturated rings. The number of carbonyl (C=O) groups is 3. The van der Waals surface area contributed by atoms with Crippen LogP contribution in [0.1, 0.15) is 50.7 Å². The van der Waals surface area contributed by atoms with E-state index in [2.05, 4.69) is 19.2 Å². The lowest BCUT2D eigenvalue weighted by atomic mass is 9.59. The lowest BCUT2D eigenvalue weighted by molar-refractivity contribution is -0.162. The van der Waals surface area contributed by atoms with E-state index in [9.17, 15) is 14.4 Å². The van der Waals surface area contributed by atoms with Crippen LogP contribution in [0.25, 0.3) is 0 Å². The van der Waals surface area contributed by atoms with Crippen molar-refractivity contribution in [3.8, 4) is 11.5 Å². The first-order valence-corrected chi connectivity index (χ1v) is 13.0. The lowest BCUT2D eigenvalue weighted by Crippen LogP contribution is -2.55. The normalized spacial score (nSPS) is 23.3. The van der Waals surface area contributed by atoms with Crippen molar-refractivity contribution in [2.75, 3.05) is 13.9 Å². The number of esters is 1. The third-order valence-corrected chi connectivity index (χ3v) is 7.74. The fraction of sp³-hybridized carbons (Fsp3) is 0.433. The van der Waals surface area contributed by atoms with Crippen LogP contribution in [0.4, 0.5) is 0 Å². The van der Waals surface area contributed by atoms with Gasteiger partial charge in [-0.3, -0.25) is 14.4 Å². The standard InChI is InChI=1S/C30H34N2O6/c1-29(2)12-11-25-30(18-29,28(35)36-3)15-22(14-26(33)31-16-20-7-5-4-6-8-20)27(34)32(25)17-21-9-10-23-24(13-21)38-19-37-23/h4-11,13,22H,12,14-19H2,1-3H3,(H,31,33)/t22-,30-/m1/s1. The van der Waals surface area contributed by atoms with Gasteiger partial charge in [0.15, 0.2) is 11.5 Å². The summed E-state index contributed by atoms with van der Waals surface area (Å²) in [5.41, 5.74) is 1.33. The van der Waals surface area contributed by atoms with E-state index in [1.807, 2.05) is 54.6 Å². The minimum Gasteiger partial charge on any atom is -0.468 e. The monoisotopic (exact) mass is 518 g/mol. The van der Waals surface area contributed by atoms with Gasteiger partial charge in [-0.2, -0.15) is 0 Å². The molecule has 2 aromatic carbocycles. The summed E-state index contributed by atoms with van der Waals surface area (Å²) in [6.45, 7) is 5.02. The number of nitrogens with one attached hydrogen (secondary N) is 1. The molecule has 1 aliphatic carbocycles. The van der Waals surface area contributed by atoms with Gasteiger partial charge in [-0.25, -0.2) is 0 Å². The summed E-state index contributed by atoms with van der Waals surface area (Å²) in [6.07, 6.45) is 3.51. The number of amides is 2. The van der Waals surface area contributed by atoms with Crippen LogP contribution in [0.15, 0.2) is 60.3 Å². The Kier molecular flexibility index (Phi) is 6.90. The van der Waals surface area contributed by atoms with Crippen molar-refractivity contribution in [3.05, 3.63) is 71.4 Å². The molecule has 0 radical (unpaired) electrons. The number of carbonyl (C=O) groups excluding carboxylic acids is 3. The molecular weight excluding hydrogens is 484 g/mol. The molecule has 0 aromatic heterocycles. The number of methoxy groups -OCH3 is 1. The first kappa shape index (κ1) is 25.8. The fourth-order valence-electron chi connectivity index (χ4n) is 6.03. The summed E-state index contributed by atoms with van der Waals surface area (Å²) >= 11 is 0. The van der Waals surface area contributed by atoms with E-state index in [0.717, 1.165) is 17.5 Å². The molecule has 0 bridgehead atoms.